The van der Waals surface area contributed by atoms with E-state index in [-0.39, 0.29) is 22.7 Å². The van der Waals surface area contributed by atoms with E-state index >= 15 is 0 Å². The van der Waals surface area contributed by atoms with Gasteiger partial charge in [0.05, 0.1) is 32.6 Å². The van der Waals surface area contributed by atoms with Crippen LogP contribution in [0.15, 0.2) is 59.4 Å². The average molecular weight is 380 g/mol. The number of anilines is 1. The van der Waals surface area contributed by atoms with Crippen LogP contribution in [-0.4, -0.2) is 31.7 Å². The quantitative estimate of drug-likeness (QED) is 0.661. The van der Waals surface area contributed by atoms with Gasteiger partial charge in [0.1, 0.15) is 11.6 Å². The maximum Gasteiger partial charge on any atom is 0.256 e. The minimum atomic E-state index is -0.369. The molecule has 144 valence electrons. The Morgan fingerprint density at radius 3 is 2.32 bits per heavy atom. The lowest BCUT2D eigenvalue weighted by Gasteiger charge is -2.15. The Morgan fingerprint density at radius 2 is 1.64 bits per heavy atom. The Bertz CT molecular complexity index is 1090. The summed E-state index contributed by atoms with van der Waals surface area (Å²) < 4.78 is 16.9. The molecular weight excluding hydrogens is 360 g/mol. The van der Waals surface area contributed by atoms with Gasteiger partial charge in [0.15, 0.2) is 17.3 Å². The molecule has 3 rings (SSSR count). The number of pyridine rings is 1. The first-order valence-corrected chi connectivity index (χ1v) is 8.42. The molecule has 0 unspecified atom stereocenters. The van der Waals surface area contributed by atoms with Gasteiger partial charge in [0.2, 0.25) is 0 Å². The first-order valence-electron chi connectivity index (χ1n) is 8.42. The molecule has 0 radical (unpaired) electrons. The predicted molar refractivity (Wildman–Crippen MR) is 106 cm³/mol. The van der Waals surface area contributed by atoms with Crippen LogP contribution in [0.4, 0.5) is 5.82 Å². The molecule has 2 aromatic carbocycles. The molecule has 0 spiro atoms. The molecule has 7 heteroatoms. The SMILES string of the molecule is COc1cccc(C(=O)c2ccc(=O)n(-c3ccc(OC)c(OC)c3)c2N)c1. The smallest absolute Gasteiger partial charge is 0.256 e. The highest BCUT2D eigenvalue weighted by Crippen LogP contribution is 2.30. The van der Waals surface area contributed by atoms with Gasteiger partial charge in [-0.3, -0.25) is 14.2 Å². The summed E-state index contributed by atoms with van der Waals surface area (Å²) in [4.78, 5) is 25.4. The number of nitrogen functional groups attached to an aromatic ring is 1. The van der Waals surface area contributed by atoms with Crippen molar-refractivity contribution in [2.24, 2.45) is 0 Å². The van der Waals surface area contributed by atoms with Crippen LogP contribution in [0, 0.1) is 0 Å². The molecule has 7 nitrogen and oxygen atoms in total. The Hall–Kier alpha value is -3.74. The summed E-state index contributed by atoms with van der Waals surface area (Å²) in [5, 5.41) is 0. The number of ketones is 1. The number of rotatable bonds is 6. The van der Waals surface area contributed by atoms with Gasteiger partial charge >= 0.3 is 0 Å². The molecule has 0 aliphatic rings. The molecule has 0 bridgehead atoms. The fraction of sp³-hybridized carbons (Fsp3) is 0.143. The van der Waals surface area contributed by atoms with Gasteiger partial charge in [-0.05, 0) is 30.3 Å². The second kappa shape index (κ2) is 7.87. The van der Waals surface area contributed by atoms with Gasteiger partial charge in [-0.2, -0.15) is 0 Å². The lowest BCUT2D eigenvalue weighted by Crippen LogP contribution is -2.23. The summed E-state index contributed by atoms with van der Waals surface area (Å²) in [6.07, 6.45) is 0. The lowest BCUT2D eigenvalue weighted by atomic mass is 10.0. The summed E-state index contributed by atoms with van der Waals surface area (Å²) in [5.74, 6) is 1.23. The summed E-state index contributed by atoms with van der Waals surface area (Å²) in [5.41, 5.74) is 6.93. The molecule has 3 aromatic rings. The predicted octanol–water partition coefficient (Wildman–Crippen LogP) is 2.68. The second-order valence-corrected chi connectivity index (χ2v) is 5.91. The Balaban J connectivity index is 2.13. The van der Waals surface area contributed by atoms with E-state index in [2.05, 4.69) is 0 Å². The van der Waals surface area contributed by atoms with Crippen molar-refractivity contribution in [2.75, 3.05) is 27.1 Å². The van der Waals surface area contributed by atoms with Gasteiger partial charge < -0.3 is 19.9 Å². The van der Waals surface area contributed by atoms with Crippen LogP contribution in [0.1, 0.15) is 15.9 Å². The van der Waals surface area contributed by atoms with Gasteiger partial charge in [-0.15, -0.1) is 0 Å². The molecule has 0 saturated carbocycles. The van der Waals surface area contributed by atoms with Gasteiger partial charge in [0.25, 0.3) is 5.56 Å². The molecule has 0 saturated heterocycles. The minimum absolute atomic E-state index is 0.0348. The van der Waals surface area contributed by atoms with Crippen molar-refractivity contribution < 1.29 is 19.0 Å². The van der Waals surface area contributed by atoms with Crippen LogP contribution in [0.5, 0.6) is 17.2 Å². The Labute approximate surface area is 161 Å². The fourth-order valence-corrected chi connectivity index (χ4v) is 2.90. The zero-order valence-electron chi connectivity index (χ0n) is 15.8. The number of ether oxygens (including phenoxy) is 3. The Morgan fingerprint density at radius 1 is 0.893 bits per heavy atom. The number of nitrogens with two attached hydrogens (primary N) is 1. The lowest BCUT2D eigenvalue weighted by molar-refractivity contribution is 0.103. The van der Waals surface area contributed by atoms with E-state index in [9.17, 15) is 9.59 Å². The molecule has 0 aliphatic heterocycles. The number of carbonyl (C=O) groups is 1. The van der Waals surface area contributed by atoms with Crippen molar-refractivity contribution in [3.05, 3.63) is 76.1 Å². The maximum atomic E-state index is 13.0. The number of nitrogens with zero attached hydrogens (tertiary/aromatic N) is 1. The number of benzene rings is 2. The van der Waals surface area contributed by atoms with E-state index in [1.165, 1.54) is 38.0 Å². The van der Waals surface area contributed by atoms with E-state index in [1.54, 1.807) is 42.5 Å². The van der Waals surface area contributed by atoms with E-state index in [1.807, 2.05) is 0 Å². The number of aromatic nitrogens is 1. The first kappa shape index (κ1) is 19.0. The van der Waals surface area contributed by atoms with Gasteiger partial charge in [0, 0.05) is 17.7 Å². The highest BCUT2D eigenvalue weighted by Gasteiger charge is 2.18. The summed E-state index contributed by atoms with van der Waals surface area (Å²) >= 11 is 0. The molecule has 0 aliphatic carbocycles. The monoisotopic (exact) mass is 380 g/mol. The van der Waals surface area contributed by atoms with E-state index in [0.29, 0.717) is 28.5 Å². The second-order valence-electron chi connectivity index (χ2n) is 5.91. The molecule has 1 aromatic heterocycles. The maximum absolute atomic E-state index is 13.0. The van der Waals surface area contributed by atoms with Crippen LogP contribution >= 0.6 is 0 Å². The first-order chi connectivity index (χ1) is 13.5. The van der Waals surface area contributed by atoms with Crippen LogP contribution < -0.4 is 25.5 Å². The van der Waals surface area contributed by atoms with Crippen molar-refractivity contribution in [3.63, 3.8) is 0 Å². The highest BCUT2D eigenvalue weighted by atomic mass is 16.5. The largest absolute Gasteiger partial charge is 0.497 e. The zero-order valence-corrected chi connectivity index (χ0v) is 15.8. The van der Waals surface area contributed by atoms with Crippen LogP contribution in [0.3, 0.4) is 0 Å². The summed E-state index contributed by atoms with van der Waals surface area (Å²) in [6.45, 7) is 0. The van der Waals surface area contributed by atoms with E-state index in [4.69, 9.17) is 19.9 Å². The molecule has 0 atom stereocenters. The van der Waals surface area contributed by atoms with Gasteiger partial charge in [-0.25, -0.2) is 0 Å². The van der Waals surface area contributed by atoms with Crippen molar-refractivity contribution in [1.29, 1.82) is 0 Å². The molecule has 0 amide bonds. The summed E-state index contributed by atoms with van der Waals surface area (Å²) in [7, 11) is 4.54. The van der Waals surface area contributed by atoms with Gasteiger partial charge in [-0.1, -0.05) is 12.1 Å². The average Bonchev–Trinajstić information content (AvgIpc) is 2.73. The van der Waals surface area contributed by atoms with Crippen molar-refractivity contribution in [3.8, 4) is 22.9 Å². The van der Waals surface area contributed by atoms with Crippen LogP contribution in [0.2, 0.25) is 0 Å². The standard InChI is InChI=1S/C21H20N2O5/c1-26-15-6-4-5-13(11-15)20(25)16-8-10-19(24)23(21(16)22)14-7-9-17(27-2)18(12-14)28-3/h4-12H,22H2,1-3H3. The molecule has 28 heavy (non-hydrogen) atoms. The number of hydrogen-bond donors (Lipinski definition) is 1. The minimum Gasteiger partial charge on any atom is -0.497 e. The van der Waals surface area contributed by atoms with E-state index < -0.39 is 0 Å². The molecule has 0 fully saturated rings. The molecular formula is C21H20N2O5. The number of hydrogen-bond acceptors (Lipinski definition) is 6. The van der Waals surface area contributed by atoms with Crippen molar-refractivity contribution >= 4 is 11.6 Å². The molecule has 1 heterocycles. The third-order valence-corrected chi connectivity index (χ3v) is 4.33. The third-order valence-electron chi connectivity index (χ3n) is 4.33. The topological polar surface area (TPSA) is 92.8 Å². The van der Waals surface area contributed by atoms with Crippen molar-refractivity contribution in [2.45, 2.75) is 0 Å². The number of methoxy groups -OCH3 is 3. The van der Waals surface area contributed by atoms with Crippen molar-refractivity contribution in [1.82, 2.24) is 4.57 Å². The third kappa shape index (κ3) is 3.42. The fourth-order valence-electron chi connectivity index (χ4n) is 2.90. The Kier molecular flexibility index (Phi) is 5.35. The van der Waals surface area contributed by atoms with Crippen LogP contribution in [-0.2, 0) is 0 Å². The normalized spacial score (nSPS) is 10.4. The van der Waals surface area contributed by atoms with E-state index in [0.717, 1.165) is 0 Å². The zero-order chi connectivity index (χ0) is 20.3. The highest BCUT2D eigenvalue weighted by molar-refractivity contribution is 6.11. The molecule has 2 N–H and O–H groups in total. The van der Waals surface area contributed by atoms with Crippen LogP contribution in [0.25, 0.3) is 5.69 Å². The summed E-state index contributed by atoms with van der Waals surface area (Å²) in [6, 6.07) is 14.4. The number of carbonyl (C=O) groups excluding carboxylic acids is 1.